The van der Waals surface area contributed by atoms with Crippen molar-refractivity contribution in [3.05, 3.63) is 34.9 Å². The van der Waals surface area contributed by atoms with E-state index in [0.717, 1.165) is 36.9 Å². The Balaban J connectivity index is 1.07. The van der Waals surface area contributed by atoms with Gasteiger partial charge in [0.05, 0.1) is 25.4 Å². The van der Waals surface area contributed by atoms with Crippen LogP contribution in [0.25, 0.3) is 0 Å². The van der Waals surface area contributed by atoms with Crippen molar-refractivity contribution < 1.29 is 9.47 Å². The molecule has 2 saturated carbocycles. The van der Waals surface area contributed by atoms with Crippen molar-refractivity contribution in [1.29, 1.82) is 0 Å². The van der Waals surface area contributed by atoms with Gasteiger partial charge in [-0.3, -0.25) is 0 Å². The van der Waals surface area contributed by atoms with Gasteiger partial charge in [0.2, 0.25) is 0 Å². The van der Waals surface area contributed by atoms with Gasteiger partial charge < -0.3 is 9.47 Å². The van der Waals surface area contributed by atoms with Crippen LogP contribution in [0.15, 0.2) is 18.2 Å². The third-order valence-electron chi connectivity index (χ3n) is 8.37. The number of rotatable bonds is 8. The summed E-state index contributed by atoms with van der Waals surface area (Å²) in [5.41, 5.74) is 4.72. The normalized spacial score (nSPS) is 36.7. The second kappa shape index (κ2) is 9.10. The van der Waals surface area contributed by atoms with Gasteiger partial charge in [0, 0.05) is 0 Å². The zero-order chi connectivity index (χ0) is 19.6. The Bertz CT molecular complexity index is 659. The molecule has 2 nitrogen and oxygen atoms in total. The smallest absolute Gasteiger partial charge is 0.0812 e. The quantitative estimate of drug-likeness (QED) is 0.484. The predicted molar refractivity (Wildman–Crippen MR) is 118 cm³/mol. The molecule has 0 amide bonds. The van der Waals surface area contributed by atoms with Gasteiger partial charge in [-0.25, -0.2) is 0 Å². The fraction of sp³-hybridized carbons (Fsp3) is 0.778. The molecule has 0 bridgehead atoms. The van der Waals surface area contributed by atoms with Gasteiger partial charge in [-0.15, -0.1) is 0 Å². The summed E-state index contributed by atoms with van der Waals surface area (Å²) in [6.45, 7) is 4.41. The highest BCUT2D eigenvalue weighted by Crippen LogP contribution is 2.37. The number of benzene rings is 1. The molecular formula is C27H40O2. The lowest BCUT2D eigenvalue weighted by atomic mass is 9.76. The zero-order valence-corrected chi connectivity index (χ0v) is 18.4. The second-order valence-corrected chi connectivity index (χ2v) is 10.8. The van der Waals surface area contributed by atoms with Crippen molar-refractivity contribution in [2.24, 2.45) is 23.7 Å². The van der Waals surface area contributed by atoms with Gasteiger partial charge in [-0.1, -0.05) is 43.9 Å². The summed E-state index contributed by atoms with van der Waals surface area (Å²) in [5.74, 6) is 3.69. The average molecular weight is 397 g/mol. The molecule has 0 spiro atoms. The first-order chi connectivity index (χ1) is 14.2. The fourth-order valence-electron chi connectivity index (χ4n) is 6.25. The van der Waals surface area contributed by atoms with E-state index in [0.29, 0.717) is 12.2 Å². The molecule has 2 aliphatic heterocycles. The summed E-state index contributed by atoms with van der Waals surface area (Å²) in [6, 6.07) is 7.42. The maximum absolute atomic E-state index is 5.43. The Hall–Kier alpha value is -0.860. The summed E-state index contributed by atoms with van der Waals surface area (Å²) in [4.78, 5) is 0. The maximum atomic E-state index is 5.43. The predicted octanol–water partition coefficient (Wildman–Crippen LogP) is 6.27. The van der Waals surface area contributed by atoms with Crippen LogP contribution in [0.1, 0.15) is 80.9 Å². The molecule has 2 heteroatoms. The molecule has 0 aromatic heterocycles. The molecule has 2 heterocycles. The van der Waals surface area contributed by atoms with Crippen LogP contribution in [0.5, 0.6) is 0 Å². The van der Waals surface area contributed by atoms with Gasteiger partial charge in [0.1, 0.15) is 0 Å². The molecule has 2 aliphatic carbocycles. The lowest BCUT2D eigenvalue weighted by Gasteiger charge is -2.29. The highest BCUT2D eigenvalue weighted by atomic mass is 16.6. The first-order valence-electron chi connectivity index (χ1n) is 12.5. The number of epoxide rings is 2. The minimum Gasteiger partial charge on any atom is -0.373 e. The number of hydrogen-bond donors (Lipinski definition) is 0. The van der Waals surface area contributed by atoms with Crippen LogP contribution in [0.4, 0.5) is 0 Å². The van der Waals surface area contributed by atoms with E-state index in [-0.39, 0.29) is 0 Å². The van der Waals surface area contributed by atoms with E-state index >= 15 is 0 Å². The monoisotopic (exact) mass is 396 g/mol. The Morgan fingerprint density at radius 3 is 1.66 bits per heavy atom. The summed E-state index contributed by atoms with van der Waals surface area (Å²) in [6.07, 6.45) is 17.9. The fourth-order valence-corrected chi connectivity index (χ4v) is 6.25. The topological polar surface area (TPSA) is 25.1 Å². The highest BCUT2D eigenvalue weighted by molar-refractivity contribution is 5.32. The van der Waals surface area contributed by atoms with Crippen molar-refractivity contribution in [3.8, 4) is 0 Å². The van der Waals surface area contributed by atoms with E-state index in [1.165, 1.54) is 82.6 Å². The molecule has 0 N–H and O–H groups in total. The van der Waals surface area contributed by atoms with E-state index in [1.54, 1.807) is 11.1 Å². The maximum Gasteiger partial charge on any atom is 0.0812 e. The van der Waals surface area contributed by atoms with Crippen molar-refractivity contribution >= 4 is 0 Å². The van der Waals surface area contributed by atoms with Gasteiger partial charge in [0.25, 0.3) is 0 Å². The van der Waals surface area contributed by atoms with Crippen LogP contribution in [-0.2, 0) is 22.3 Å². The van der Waals surface area contributed by atoms with E-state index in [9.17, 15) is 0 Å². The van der Waals surface area contributed by atoms with Crippen molar-refractivity contribution in [3.63, 3.8) is 0 Å². The molecule has 1 aromatic carbocycles. The highest BCUT2D eigenvalue weighted by Gasteiger charge is 2.30. The minimum atomic E-state index is 0.619. The number of ether oxygens (including phenoxy) is 2. The van der Waals surface area contributed by atoms with E-state index in [2.05, 4.69) is 25.1 Å². The van der Waals surface area contributed by atoms with E-state index < -0.39 is 0 Å². The summed E-state index contributed by atoms with van der Waals surface area (Å²) in [7, 11) is 0. The standard InChI is InChI=1S/C27H40O2/c1-19-12-24(13-20-2-6-22(7-3-20)15-26-17-28-26)10-11-25(19)14-21-4-8-23(9-5-21)16-27-18-29-27/h10-12,20-23,26-27H,2-9,13-18H2,1H3. The van der Waals surface area contributed by atoms with Crippen LogP contribution in [-0.4, -0.2) is 25.4 Å². The first kappa shape index (κ1) is 20.1. The molecule has 4 aliphatic rings. The van der Waals surface area contributed by atoms with Gasteiger partial charge in [-0.05, 0) is 98.7 Å². The molecule has 2 atom stereocenters. The molecule has 4 fully saturated rings. The number of hydrogen-bond acceptors (Lipinski definition) is 2. The molecular weight excluding hydrogens is 356 g/mol. The Morgan fingerprint density at radius 1 is 0.690 bits per heavy atom. The first-order valence-corrected chi connectivity index (χ1v) is 12.5. The molecule has 2 unspecified atom stereocenters. The average Bonchev–Trinajstić information content (AvgIpc) is 3.64. The SMILES string of the molecule is Cc1cc(CC2CCC(CC3CO3)CC2)ccc1CC1CCC(CC2CO2)CC1. The zero-order valence-electron chi connectivity index (χ0n) is 18.4. The second-order valence-electron chi connectivity index (χ2n) is 10.8. The third-order valence-corrected chi connectivity index (χ3v) is 8.37. The Morgan fingerprint density at radius 2 is 1.17 bits per heavy atom. The van der Waals surface area contributed by atoms with Crippen molar-refractivity contribution in [2.45, 2.75) is 96.2 Å². The van der Waals surface area contributed by atoms with Crippen molar-refractivity contribution in [1.82, 2.24) is 0 Å². The molecule has 29 heavy (non-hydrogen) atoms. The largest absolute Gasteiger partial charge is 0.373 e. The summed E-state index contributed by atoms with van der Waals surface area (Å²) < 4.78 is 10.9. The molecule has 160 valence electrons. The van der Waals surface area contributed by atoms with Gasteiger partial charge in [-0.2, -0.15) is 0 Å². The summed E-state index contributed by atoms with van der Waals surface area (Å²) in [5, 5.41) is 0. The van der Waals surface area contributed by atoms with E-state index in [4.69, 9.17) is 9.47 Å². The molecule has 0 radical (unpaired) electrons. The van der Waals surface area contributed by atoms with Crippen molar-refractivity contribution in [2.75, 3.05) is 13.2 Å². The van der Waals surface area contributed by atoms with Crippen LogP contribution in [0.2, 0.25) is 0 Å². The molecule has 1 aromatic rings. The molecule has 2 saturated heterocycles. The van der Waals surface area contributed by atoms with Crippen LogP contribution >= 0.6 is 0 Å². The minimum absolute atomic E-state index is 0.619. The van der Waals surface area contributed by atoms with Gasteiger partial charge >= 0.3 is 0 Å². The van der Waals surface area contributed by atoms with Crippen LogP contribution in [0.3, 0.4) is 0 Å². The number of aryl methyl sites for hydroxylation is 1. The Kier molecular flexibility index (Phi) is 6.30. The van der Waals surface area contributed by atoms with Crippen LogP contribution in [0, 0.1) is 30.6 Å². The third kappa shape index (κ3) is 5.85. The van der Waals surface area contributed by atoms with E-state index in [1.807, 2.05) is 0 Å². The molecule has 5 rings (SSSR count). The van der Waals surface area contributed by atoms with Crippen LogP contribution < -0.4 is 0 Å². The van der Waals surface area contributed by atoms with Gasteiger partial charge in [0.15, 0.2) is 0 Å². The lowest BCUT2D eigenvalue weighted by Crippen LogP contribution is -2.18. The Labute approximate surface area is 177 Å². The summed E-state index contributed by atoms with van der Waals surface area (Å²) >= 11 is 0. The lowest BCUT2D eigenvalue weighted by molar-refractivity contribution is 0.241.